The van der Waals surface area contributed by atoms with E-state index in [4.69, 9.17) is 4.74 Å². The Hall–Kier alpha value is -3.98. The molecule has 0 radical (unpaired) electrons. The lowest BCUT2D eigenvalue weighted by atomic mass is 10.2. The van der Waals surface area contributed by atoms with Crippen LogP contribution in [0.15, 0.2) is 78.0 Å². The van der Waals surface area contributed by atoms with Crippen molar-refractivity contribution in [1.82, 2.24) is 14.8 Å². The number of rotatable bonds is 7. The highest BCUT2D eigenvalue weighted by molar-refractivity contribution is 7.99. The fourth-order valence-corrected chi connectivity index (χ4v) is 3.89. The number of nitrogens with zero attached hydrogens (tertiary/aromatic N) is 3. The molecule has 0 bridgehead atoms. The second-order valence-corrected chi connectivity index (χ2v) is 7.66. The zero-order valence-corrected chi connectivity index (χ0v) is 17.9. The molecule has 1 aromatic heterocycles. The van der Waals surface area contributed by atoms with Crippen molar-refractivity contribution in [2.75, 3.05) is 18.2 Å². The molecule has 0 spiro atoms. The van der Waals surface area contributed by atoms with E-state index in [1.165, 1.54) is 23.9 Å². The summed E-state index contributed by atoms with van der Waals surface area (Å²) >= 11 is 1.19. The van der Waals surface area contributed by atoms with E-state index in [2.05, 4.69) is 15.5 Å². The molecule has 0 saturated carbocycles. The molecule has 0 fully saturated rings. The highest BCUT2D eigenvalue weighted by atomic mass is 32.2. The first-order valence-electron chi connectivity index (χ1n) is 9.65. The first-order chi connectivity index (χ1) is 15.6. The number of aromatic nitrogens is 3. The van der Waals surface area contributed by atoms with Crippen molar-refractivity contribution in [3.05, 3.63) is 72.8 Å². The molecule has 0 saturated heterocycles. The van der Waals surface area contributed by atoms with Gasteiger partial charge in [-0.05, 0) is 36.4 Å². The van der Waals surface area contributed by atoms with Crippen LogP contribution in [0.3, 0.4) is 0 Å². The summed E-state index contributed by atoms with van der Waals surface area (Å²) in [5.74, 6) is 0.940. The van der Waals surface area contributed by atoms with Gasteiger partial charge in [-0.1, -0.05) is 42.1 Å². The van der Waals surface area contributed by atoms with E-state index in [1.54, 1.807) is 48.1 Å². The zero-order chi connectivity index (χ0) is 22.5. The van der Waals surface area contributed by atoms with Gasteiger partial charge in [-0.15, -0.1) is 10.2 Å². The SMILES string of the molecule is COc1ccccc1-n1c(SCC(=O)Nc2cccc(O)c2)nnc1-c1ccccc1O. The summed E-state index contributed by atoms with van der Waals surface area (Å²) < 4.78 is 7.26. The number of amides is 1. The van der Waals surface area contributed by atoms with E-state index in [1.807, 2.05) is 24.3 Å². The maximum Gasteiger partial charge on any atom is 0.234 e. The summed E-state index contributed by atoms with van der Waals surface area (Å²) in [5.41, 5.74) is 1.67. The molecule has 162 valence electrons. The molecule has 4 rings (SSSR count). The third kappa shape index (κ3) is 4.52. The molecule has 3 N–H and O–H groups in total. The smallest absolute Gasteiger partial charge is 0.234 e. The van der Waals surface area contributed by atoms with Crippen LogP contribution >= 0.6 is 11.8 Å². The Labute approximate surface area is 188 Å². The third-order valence-electron chi connectivity index (χ3n) is 4.57. The van der Waals surface area contributed by atoms with Crippen molar-refractivity contribution in [2.45, 2.75) is 5.16 Å². The second-order valence-electron chi connectivity index (χ2n) is 6.72. The highest BCUT2D eigenvalue weighted by Crippen LogP contribution is 2.35. The molecule has 32 heavy (non-hydrogen) atoms. The minimum Gasteiger partial charge on any atom is -0.508 e. The lowest BCUT2D eigenvalue weighted by molar-refractivity contribution is -0.113. The van der Waals surface area contributed by atoms with Gasteiger partial charge >= 0.3 is 0 Å². The Balaban J connectivity index is 1.66. The molecular formula is C23H20N4O4S. The number of carbonyl (C=O) groups is 1. The Bertz CT molecular complexity index is 1260. The second kappa shape index (κ2) is 9.44. The van der Waals surface area contributed by atoms with Crippen molar-refractivity contribution in [3.8, 4) is 34.3 Å². The van der Waals surface area contributed by atoms with Gasteiger partial charge in [0.2, 0.25) is 5.91 Å². The van der Waals surface area contributed by atoms with E-state index in [0.717, 1.165) is 0 Å². The molecule has 1 heterocycles. The van der Waals surface area contributed by atoms with E-state index in [0.29, 0.717) is 33.7 Å². The Kier molecular flexibility index (Phi) is 6.27. The lowest BCUT2D eigenvalue weighted by Crippen LogP contribution is -2.14. The highest BCUT2D eigenvalue weighted by Gasteiger charge is 2.21. The van der Waals surface area contributed by atoms with E-state index in [9.17, 15) is 15.0 Å². The van der Waals surface area contributed by atoms with Gasteiger partial charge in [0.05, 0.1) is 24.1 Å². The lowest BCUT2D eigenvalue weighted by Gasteiger charge is -2.14. The monoisotopic (exact) mass is 448 g/mol. The summed E-state index contributed by atoms with van der Waals surface area (Å²) in [6, 6.07) is 20.5. The largest absolute Gasteiger partial charge is 0.508 e. The van der Waals surface area contributed by atoms with Gasteiger partial charge in [0, 0.05) is 11.8 Å². The molecule has 1 amide bonds. The van der Waals surface area contributed by atoms with Crippen LogP contribution in [0.25, 0.3) is 17.1 Å². The summed E-state index contributed by atoms with van der Waals surface area (Å²) in [5, 5.41) is 31.7. The standard InChI is InChI=1S/C23H20N4O4S/c1-31-20-12-5-3-10-18(20)27-22(17-9-2-4-11-19(17)29)25-26-23(27)32-14-21(30)24-15-7-6-8-16(28)13-15/h2-13,28-29H,14H2,1H3,(H,24,30). The number of nitrogens with one attached hydrogen (secondary N) is 1. The number of benzene rings is 3. The Morgan fingerprint density at radius 1 is 1.03 bits per heavy atom. The van der Waals surface area contributed by atoms with E-state index < -0.39 is 0 Å². The van der Waals surface area contributed by atoms with Crippen LogP contribution in [0.4, 0.5) is 5.69 Å². The number of carbonyl (C=O) groups excluding carboxylic acids is 1. The van der Waals surface area contributed by atoms with Crippen molar-refractivity contribution < 1.29 is 19.7 Å². The van der Waals surface area contributed by atoms with Crippen LogP contribution in [-0.2, 0) is 4.79 Å². The van der Waals surface area contributed by atoms with Crippen molar-refractivity contribution in [1.29, 1.82) is 0 Å². The number of ether oxygens (including phenoxy) is 1. The quantitative estimate of drug-likeness (QED) is 0.365. The predicted molar refractivity (Wildman–Crippen MR) is 122 cm³/mol. The van der Waals surface area contributed by atoms with Gasteiger partial charge in [0.25, 0.3) is 0 Å². The molecule has 4 aromatic rings. The number of anilines is 1. The van der Waals surface area contributed by atoms with Crippen molar-refractivity contribution in [3.63, 3.8) is 0 Å². The number of thioether (sulfide) groups is 1. The number of hydrogen-bond donors (Lipinski definition) is 3. The summed E-state index contributed by atoms with van der Waals surface area (Å²) in [6.07, 6.45) is 0. The first-order valence-corrected chi connectivity index (χ1v) is 10.6. The number of phenolic OH excluding ortho intramolecular Hbond substituents is 2. The molecule has 0 aliphatic rings. The minimum atomic E-state index is -0.265. The van der Waals surface area contributed by atoms with Gasteiger partial charge in [0.1, 0.15) is 17.2 Å². The zero-order valence-electron chi connectivity index (χ0n) is 17.1. The van der Waals surface area contributed by atoms with Crippen LogP contribution in [0, 0.1) is 0 Å². The number of para-hydroxylation sites is 3. The normalized spacial score (nSPS) is 10.7. The molecule has 0 aliphatic heterocycles. The summed E-state index contributed by atoms with van der Waals surface area (Å²) in [4.78, 5) is 12.5. The Morgan fingerprint density at radius 2 is 1.81 bits per heavy atom. The number of hydrogen-bond acceptors (Lipinski definition) is 7. The average Bonchev–Trinajstić information content (AvgIpc) is 3.21. The molecule has 0 aliphatic carbocycles. The number of aromatic hydroxyl groups is 2. The molecule has 9 heteroatoms. The molecular weight excluding hydrogens is 428 g/mol. The maximum atomic E-state index is 12.5. The van der Waals surface area contributed by atoms with Gasteiger partial charge < -0.3 is 20.3 Å². The van der Waals surface area contributed by atoms with Crippen LogP contribution < -0.4 is 10.1 Å². The van der Waals surface area contributed by atoms with E-state index in [-0.39, 0.29) is 23.2 Å². The van der Waals surface area contributed by atoms with Gasteiger partial charge in [-0.25, -0.2) is 0 Å². The first kappa shape index (κ1) is 21.3. The molecule has 8 nitrogen and oxygen atoms in total. The summed E-state index contributed by atoms with van der Waals surface area (Å²) in [6.45, 7) is 0. The van der Waals surface area contributed by atoms with Gasteiger partial charge in [0.15, 0.2) is 11.0 Å². The molecule has 0 unspecified atom stereocenters. The fraction of sp³-hybridized carbons (Fsp3) is 0.0870. The number of methoxy groups -OCH3 is 1. The number of phenols is 2. The third-order valence-corrected chi connectivity index (χ3v) is 5.50. The predicted octanol–water partition coefficient (Wildman–Crippen LogP) is 4.08. The van der Waals surface area contributed by atoms with Crippen LogP contribution in [0.2, 0.25) is 0 Å². The minimum absolute atomic E-state index is 0.0592. The van der Waals surface area contributed by atoms with Crippen molar-refractivity contribution in [2.24, 2.45) is 0 Å². The molecule has 3 aromatic carbocycles. The van der Waals surface area contributed by atoms with Crippen LogP contribution in [0.1, 0.15) is 0 Å². The average molecular weight is 449 g/mol. The fourth-order valence-electron chi connectivity index (χ4n) is 3.14. The van der Waals surface area contributed by atoms with Crippen LogP contribution in [-0.4, -0.2) is 43.7 Å². The van der Waals surface area contributed by atoms with Crippen LogP contribution in [0.5, 0.6) is 17.2 Å². The maximum absolute atomic E-state index is 12.5. The van der Waals surface area contributed by atoms with Gasteiger partial charge in [-0.2, -0.15) is 0 Å². The van der Waals surface area contributed by atoms with Gasteiger partial charge in [-0.3, -0.25) is 9.36 Å². The van der Waals surface area contributed by atoms with Crippen molar-refractivity contribution >= 4 is 23.4 Å². The topological polar surface area (TPSA) is 110 Å². The van der Waals surface area contributed by atoms with E-state index >= 15 is 0 Å². The summed E-state index contributed by atoms with van der Waals surface area (Å²) in [7, 11) is 1.57. The molecule has 0 atom stereocenters. The Morgan fingerprint density at radius 3 is 2.59 bits per heavy atom.